The molecule has 0 aliphatic rings. The van der Waals surface area contributed by atoms with Gasteiger partial charge in [0.15, 0.2) is 5.82 Å². The summed E-state index contributed by atoms with van der Waals surface area (Å²) in [6, 6.07) is 14.5. The Bertz CT molecular complexity index is 1160. The van der Waals surface area contributed by atoms with Crippen LogP contribution in [0.4, 0.5) is 11.5 Å². The number of aryl methyl sites for hydroxylation is 1. The normalized spacial score (nSPS) is 11.3. The lowest BCUT2D eigenvalue weighted by Gasteiger charge is -2.11. The number of anilines is 1. The molecule has 156 valence electrons. The molecular weight excluding hydrogens is 406 g/mol. The van der Waals surface area contributed by atoms with E-state index in [2.05, 4.69) is 20.0 Å². The molecule has 9 nitrogen and oxygen atoms in total. The molecule has 0 atom stereocenters. The molecule has 0 spiro atoms. The summed E-state index contributed by atoms with van der Waals surface area (Å²) in [6.45, 7) is 2.34. The van der Waals surface area contributed by atoms with E-state index in [1.165, 1.54) is 25.2 Å². The second-order valence-electron chi connectivity index (χ2n) is 6.43. The Labute approximate surface area is 174 Å². The third-order valence-electron chi connectivity index (χ3n) is 4.43. The molecule has 0 bridgehead atoms. The third kappa shape index (κ3) is 4.97. The molecule has 2 aromatic carbocycles. The number of nitrogens with one attached hydrogen (secondary N) is 2. The zero-order chi connectivity index (χ0) is 21.7. The number of hydrogen-bond acceptors (Lipinski definition) is 7. The number of nitro groups is 1. The zero-order valence-electron chi connectivity index (χ0n) is 16.5. The Balaban J connectivity index is 1.84. The highest BCUT2D eigenvalue weighted by Crippen LogP contribution is 2.22. The molecular formula is C20H21N5O4S. The summed E-state index contributed by atoms with van der Waals surface area (Å²) in [5.74, 6) is 1.04. The number of nitrogens with zero attached hydrogens (tertiary/aromatic N) is 3. The van der Waals surface area contributed by atoms with Crippen molar-refractivity contribution < 1.29 is 13.3 Å². The van der Waals surface area contributed by atoms with E-state index in [1.807, 2.05) is 19.1 Å². The molecule has 2 N–H and O–H groups in total. The number of sulfonamides is 1. The van der Waals surface area contributed by atoms with E-state index in [0.717, 1.165) is 11.3 Å². The van der Waals surface area contributed by atoms with Crippen LogP contribution in [0.15, 0.2) is 59.5 Å². The largest absolute Gasteiger partial charge is 0.366 e. The van der Waals surface area contributed by atoms with Crippen molar-refractivity contribution in [3.63, 3.8) is 0 Å². The summed E-state index contributed by atoms with van der Waals surface area (Å²) in [6.07, 6.45) is 0.688. The maximum atomic E-state index is 12.0. The van der Waals surface area contributed by atoms with Gasteiger partial charge in [0.05, 0.1) is 9.82 Å². The quantitative estimate of drug-likeness (QED) is 0.417. The lowest BCUT2D eigenvalue weighted by molar-refractivity contribution is -0.384. The van der Waals surface area contributed by atoms with Gasteiger partial charge in [-0.05, 0) is 43.3 Å². The van der Waals surface area contributed by atoms with E-state index >= 15 is 0 Å². The summed E-state index contributed by atoms with van der Waals surface area (Å²) in [5.41, 5.74) is 2.26. The summed E-state index contributed by atoms with van der Waals surface area (Å²) in [5, 5.41) is 14.0. The van der Waals surface area contributed by atoms with Gasteiger partial charge in [-0.3, -0.25) is 10.1 Å². The van der Waals surface area contributed by atoms with Crippen LogP contribution in [0.5, 0.6) is 0 Å². The van der Waals surface area contributed by atoms with Gasteiger partial charge in [-0.25, -0.2) is 23.1 Å². The van der Waals surface area contributed by atoms with E-state index in [0.29, 0.717) is 30.2 Å². The number of aromatic nitrogens is 2. The Morgan fingerprint density at radius 2 is 1.80 bits per heavy atom. The van der Waals surface area contributed by atoms with Gasteiger partial charge < -0.3 is 5.32 Å². The molecule has 10 heteroatoms. The van der Waals surface area contributed by atoms with Crippen LogP contribution < -0.4 is 10.0 Å². The topological polar surface area (TPSA) is 127 Å². The molecule has 0 aliphatic carbocycles. The van der Waals surface area contributed by atoms with Gasteiger partial charge in [0.25, 0.3) is 5.69 Å². The van der Waals surface area contributed by atoms with Crippen molar-refractivity contribution in [3.8, 4) is 11.4 Å². The number of rotatable bonds is 8. The van der Waals surface area contributed by atoms with Crippen LogP contribution in [0.3, 0.4) is 0 Å². The highest BCUT2D eigenvalue weighted by molar-refractivity contribution is 7.89. The number of nitro benzene ring substituents is 1. The maximum Gasteiger partial charge on any atom is 0.269 e. The summed E-state index contributed by atoms with van der Waals surface area (Å²) in [4.78, 5) is 19.6. The highest BCUT2D eigenvalue weighted by Gasteiger charge is 2.12. The van der Waals surface area contributed by atoms with Crippen molar-refractivity contribution in [2.45, 2.75) is 24.8 Å². The smallest absolute Gasteiger partial charge is 0.269 e. The van der Waals surface area contributed by atoms with E-state index in [4.69, 9.17) is 0 Å². The predicted octanol–water partition coefficient (Wildman–Crippen LogP) is 3.13. The molecule has 3 rings (SSSR count). The molecule has 3 aromatic rings. The lowest BCUT2D eigenvalue weighted by atomic mass is 10.2. The molecule has 1 heterocycles. The van der Waals surface area contributed by atoms with Crippen LogP contribution in [0.25, 0.3) is 11.4 Å². The predicted molar refractivity (Wildman–Crippen MR) is 114 cm³/mol. The van der Waals surface area contributed by atoms with E-state index in [9.17, 15) is 18.5 Å². The van der Waals surface area contributed by atoms with Crippen molar-refractivity contribution in [2.75, 3.05) is 12.4 Å². The average molecular weight is 427 g/mol. The van der Waals surface area contributed by atoms with Crippen molar-refractivity contribution in [1.82, 2.24) is 14.7 Å². The Kier molecular flexibility index (Phi) is 6.38. The first-order valence-electron chi connectivity index (χ1n) is 9.21. The standard InChI is InChI=1S/C20H21N5O4S/c1-3-16-12-19(22-13-14-5-4-6-18(11-14)30(28,29)21-2)24-20(23-16)15-7-9-17(10-8-15)25(26)27/h4-12,21H,3,13H2,1-2H3,(H,22,23,24). The number of non-ortho nitro benzene ring substituents is 1. The fourth-order valence-electron chi connectivity index (χ4n) is 2.76. The second-order valence-corrected chi connectivity index (χ2v) is 8.32. The summed E-state index contributed by atoms with van der Waals surface area (Å²) in [7, 11) is -2.15. The molecule has 0 aliphatic heterocycles. The summed E-state index contributed by atoms with van der Waals surface area (Å²) >= 11 is 0. The molecule has 0 saturated carbocycles. The third-order valence-corrected chi connectivity index (χ3v) is 5.84. The fraction of sp³-hybridized carbons (Fsp3) is 0.200. The van der Waals surface area contributed by atoms with Crippen molar-refractivity contribution >= 4 is 21.5 Å². The van der Waals surface area contributed by atoms with Crippen LogP contribution in [0.2, 0.25) is 0 Å². The minimum Gasteiger partial charge on any atom is -0.366 e. The Morgan fingerprint density at radius 1 is 1.07 bits per heavy atom. The highest BCUT2D eigenvalue weighted by atomic mass is 32.2. The SMILES string of the molecule is CCc1cc(NCc2cccc(S(=O)(=O)NC)c2)nc(-c2ccc([N+](=O)[O-])cc2)n1. The van der Waals surface area contributed by atoms with E-state index in [-0.39, 0.29) is 10.6 Å². The van der Waals surface area contributed by atoms with Gasteiger partial charge in [-0.1, -0.05) is 19.1 Å². The van der Waals surface area contributed by atoms with E-state index in [1.54, 1.807) is 24.3 Å². The van der Waals surface area contributed by atoms with Crippen molar-refractivity contribution in [2.24, 2.45) is 0 Å². The first-order valence-corrected chi connectivity index (χ1v) is 10.7. The lowest BCUT2D eigenvalue weighted by Crippen LogP contribution is -2.18. The zero-order valence-corrected chi connectivity index (χ0v) is 17.3. The molecule has 0 radical (unpaired) electrons. The molecule has 1 aromatic heterocycles. The average Bonchev–Trinajstić information content (AvgIpc) is 2.77. The van der Waals surface area contributed by atoms with Gasteiger partial charge in [0.2, 0.25) is 10.0 Å². The molecule has 0 unspecified atom stereocenters. The van der Waals surface area contributed by atoms with Gasteiger partial charge in [-0.2, -0.15) is 0 Å². The molecule has 0 saturated heterocycles. The maximum absolute atomic E-state index is 12.0. The molecule has 30 heavy (non-hydrogen) atoms. The fourth-order valence-corrected chi connectivity index (χ4v) is 3.56. The van der Waals surface area contributed by atoms with Gasteiger partial charge in [0, 0.05) is 36.0 Å². The van der Waals surface area contributed by atoms with Crippen LogP contribution in [-0.2, 0) is 23.0 Å². The van der Waals surface area contributed by atoms with Crippen LogP contribution in [-0.4, -0.2) is 30.4 Å². The van der Waals surface area contributed by atoms with Gasteiger partial charge in [0.1, 0.15) is 5.82 Å². The number of benzene rings is 2. The summed E-state index contributed by atoms with van der Waals surface area (Å²) < 4.78 is 26.3. The van der Waals surface area contributed by atoms with Crippen LogP contribution in [0, 0.1) is 10.1 Å². The van der Waals surface area contributed by atoms with Crippen molar-refractivity contribution in [3.05, 3.63) is 76.0 Å². The van der Waals surface area contributed by atoms with E-state index < -0.39 is 14.9 Å². The molecule has 0 amide bonds. The molecule has 0 fully saturated rings. The first-order chi connectivity index (χ1) is 14.3. The minimum atomic E-state index is -3.52. The number of hydrogen-bond donors (Lipinski definition) is 2. The Hall–Kier alpha value is -3.37. The first kappa shape index (κ1) is 21.3. The van der Waals surface area contributed by atoms with Crippen LogP contribution >= 0.6 is 0 Å². The minimum absolute atomic E-state index is 0.000137. The monoisotopic (exact) mass is 427 g/mol. The van der Waals surface area contributed by atoms with Crippen molar-refractivity contribution in [1.29, 1.82) is 0 Å². The van der Waals surface area contributed by atoms with Gasteiger partial charge >= 0.3 is 0 Å². The van der Waals surface area contributed by atoms with Gasteiger partial charge in [-0.15, -0.1) is 0 Å². The van der Waals surface area contributed by atoms with Crippen LogP contribution in [0.1, 0.15) is 18.2 Å². The second kappa shape index (κ2) is 8.97. The Morgan fingerprint density at radius 3 is 2.43 bits per heavy atom.